The number of fused-ring (bicyclic) bond motifs is 1. The van der Waals surface area contributed by atoms with Crippen LogP contribution in [-0.2, 0) is 18.3 Å². The van der Waals surface area contributed by atoms with Crippen molar-refractivity contribution in [3.63, 3.8) is 0 Å². The van der Waals surface area contributed by atoms with Gasteiger partial charge in [0.05, 0.1) is 17.5 Å². The molecule has 0 amide bonds. The Morgan fingerprint density at radius 2 is 1.94 bits per heavy atom. The zero-order valence-corrected chi connectivity index (χ0v) is 9.23. The molecule has 0 aliphatic heterocycles. The van der Waals surface area contributed by atoms with E-state index in [2.05, 4.69) is 5.10 Å². The number of ketones is 1. The largest absolute Gasteiger partial charge is 0.300 e. The predicted molar refractivity (Wildman–Crippen MR) is 61.4 cm³/mol. The minimum atomic E-state index is -0.136. The van der Waals surface area contributed by atoms with E-state index in [1.807, 2.05) is 12.1 Å². The Hall–Kier alpha value is -1.97. The van der Waals surface area contributed by atoms with Crippen LogP contribution >= 0.6 is 0 Å². The van der Waals surface area contributed by atoms with Crippen LogP contribution in [0.3, 0.4) is 0 Å². The Balaban J connectivity index is 2.79. The minimum absolute atomic E-state index is 0.0382. The lowest BCUT2D eigenvalue weighted by atomic mass is 10.1. The Bertz CT molecular complexity index is 614. The molecule has 0 unspecified atom stereocenters. The van der Waals surface area contributed by atoms with Gasteiger partial charge in [-0.15, -0.1) is 0 Å². The summed E-state index contributed by atoms with van der Waals surface area (Å²) in [6.45, 7) is 1.52. The molecule has 1 heterocycles. The molecular formula is C12H12N2O2. The highest BCUT2D eigenvalue weighted by atomic mass is 16.1. The molecule has 16 heavy (non-hydrogen) atoms. The number of nitrogens with zero attached hydrogens (tertiary/aromatic N) is 2. The fourth-order valence-corrected chi connectivity index (χ4v) is 1.74. The van der Waals surface area contributed by atoms with Crippen molar-refractivity contribution in [2.24, 2.45) is 7.05 Å². The van der Waals surface area contributed by atoms with Gasteiger partial charge in [0.2, 0.25) is 0 Å². The highest BCUT2D eigenvalue weighted by molar-refractivity contribution is 5.88. The molecule has 0 fully saturated rings. The van der Waals surface area contributed by atoms with Gasteiger partial charge in [-0.25, -0.2) is 4.68 Å². The predicted octanol–water partition coefficient (Wildman–Crippen LogP) is 1.06. The van der Waals surface area contributed by atoms with E-state index < -0.39 is 0 Å². The van der Waals surface area contributed by atoms with E-state index in [4.69, 9.17) is 0 Å². The first-order valence-electron chi connectivity index (χ1n) is 5.04. The van der Waals surface area contributed by atoms with E-state index >= 15 is 0 Å². The van der Waals surface area contributed by atoms with Gasteiger partial charge in [-0.1, -0.05) is 18.2 Å². The van der Waals surface area contributed by atoms with E-state index in [0.29, 0.717) is 11.1 Å². The highest BCUT2D eigenvalue weighted by Crippen LogP contribution is 2.13. The normalized spacial score (nSPS) is 10.6. The molecule has 0 atom stereocenters. The Kier molecular flexibility index (Phi) is 2.56. The first-order chi connectivity index (χ1) is 7.59. The average molecular weight is 216 g/mol. The molecule has 1 aromatic carbocycles. The molecule has 0 N–H and O–H groups in total. The number of hydrogen-bond acceptors (Lipinski definition) is 3. The third kappa shape index (κ3) is 1.74. The van der Waals surface area contributed by atoms with Gasteiger partial charge < -0.3 is 0 Å². The summed E-state index contributed by atoms with van der Waals surface area (Å²) in [6, 6.07) is 7.22. The fraction of sp³-hybridized carbons (Fsp3) is 0.250. The van der Waals surface area contributed by atoms with Crippen LogP contribution in [0.15, 0.2) is 29.1 Å². The van der Waals surface area contributed by atoms with E-state index in [1.54, 1.807) is 19.2 Å². The molecule has 4 heteroatoms. The monoisotopic (exact) mass is 216 g/mol. The number of Topliss-reactive ketones (excluding diaryl/α,β-unsaturated/α-hetero) is 1. The molecule has 0 saturated carbocycles. The molecule has 4 nitrogen and oxygen atoms in total. The van der Waals surface area contributed by atoms with E-state index in [9.17, 15) is 9.59 Å². The number of benzene rings is 1. The first kappa shape index (κ1) is 10.5. The first-order valence-corrected chi connectivity index (χ1v) is 5.04. The van der Waals surface area contributed by atoms with Gasteiger partial charge in [0, 0.05) is 12.4 Å². The lowest BCUT2D eigenvalue weighted by Crippen LogP contribution is -2.22. The quantitative estimate of drug-likeness (QED) is 0.754. The van der Waals surface area contributed by atoms with E-state index in [1.165, 1.54) is 11.6 Å². The van der Waals surface area contributed by atoms with Crippen LogP contribution < -0.4 is 5.56 Å². The van der Waals surface area contributed by atoms with Crippen molar-refractivity contribution in [3.05, 3.63) is 40.3 Å². The van der Waals surface area contributed by atoms with Crippen molar-refractivity contribution in [3.8, 4) is 0 Å². The van der Waals surface area contributed by atoms with Crippen molar-refractivity contribution in [1.82, 2.24) is 9.78 Å². The van der Waals surface area contributed by atoms with Crippen LogP contribution in [0.5, 0.6) is 0 Å². The summed E-state index contributed by atoms with van der Waals surface area (Å²) in [5.74, 6) is 0.0382. The molecular weight excluding hydrogens is 204 g/mol. The molecule has 0 aliphatic rings. The summed E-state index contributed by atoms with van der Waals surface area (Å²) in [4.78, 5) is 22.9. The van der Waals surface area contributed by atoms with Crippen molar-refractivity contribution in [2.75, 3.05) is 0 Å². The molecule has 2 rings (SSSR count). The summed E-state index contributed by atoms with van der Waals surface area (Å²) >= 11 is 0. The summed E-state index contributed by atoms with van der Waals surface area (Å²) in [7, 11) is 1.60. The molecule has 0 bridgehead atoms. The second-order valence-electron chi connectivity index (χ2n) is 3.80. The van der Waals surface area contributed by atoms with Gasteiger partial charge in [0.1, 0.15) is 5.78 Å². The van der Waals surface area contributed by atoms with Crippen LogP contribution in [0.25, 0.3) is 10.8 Å². The number of carbonyl (C=O) groups is 1. The molecule has 0 spiro atoms. The van der Waals surface area contributed by atoms with Crippen LogP contribution in [-0.4, -0.2) is 15.6 Å². The molecule has 1 aromatic heterocycles. The maximum atomic E-state index is 11.8. The van der Waals surface area contributed by atoms with Gasteiger partial charge in [-0.3, -0.25) is 9.59 Å². The van der Waals surface area contributed by atoms with Crippen molar-refractivity contribution in [2.45, 2.75) is 13.3 Å². The molecule has 0 aliphatic carbocycles. The third-order valence-corrected chi connectivity index (χ3v) is 2.45. The summed E-state index contributed by atoms with van der Waals surface area (Å²) in [6.07, 6.45) is 0.259. The summed E-state index contributed by atoms with van der Waals surface area (Å²) in [5.41, 5.74) is 0.521. The second-order valence-corrected chi connectivity index (χ2v) is 3.80. The van der Waals surface area contributed by atoms with E-state index in [0.717, 1.165) is 5.39 Å². The standard InChI is InChI=1S/C12H12N2O2/c1-8(15)7-11-9-5-3-4-6-10(9)12(16)14(2)13-11/h3-6H,7H2,1-2H3. The number of aryl methyl sites for hydroxylation is 1. The molecule has 2 aromatic rings. The van der Waals surface area contributed by atoms with Crippen molar-refractivity contribution < 1.29 is 4.79 Å². The molecule has 0 radical (unpaired) electrons. The lowest BCUT2D eigenvalue weighted by Gasteiger charge is -2.06. The zero-order valence-electron chi connectivity index (χ0n) is 9.23. The SMILES string of the molecule is CC(=O)Cc1nn(C)c(=O)c2ccccc12. The number of rotatable bonds is 2. The Morgan fingerprint density at radius 3 is 2.56 bits per heavy atom. The average Bonchev–Trinajstić information content (AvgIpc) is 2.25. The van der Waals surface area contributed by atoms with Gasteiger partial charge in [-0.2, -0.15) is 5.10 Å². The van der Waals surface area contributed by atoms with Crippen LogP contribution in [0.2, 0.25) is 0 Å². The second kappa shape index (κ2) is 3.89. The highest BCUT2D eigenvalue weighted by Gasteiger charge is 2.09. The lowest BCUT2D eigenvalue weighted by molar-refractivity contribution is -0.116. The third-order valence-electron chi connectivity index (χ3n) is 2.45. The molecule has 82 valence electrons. The number of carbonyl (C=O) groups excluding carboxylic acids is 1. The fourth-order valence-electron chi connectivity index (χ4n) is 1.74. The van der Waals surface area contributed by atoms with Gasteiger partial charge in [-0.05, 0) is 13.0 Å². The number of hydrogen-bond donors (Lipinski definition) is 0. The van der Waals surface area contributed by atoms with Gasteiger partial charge >= 0.3 is 0 Å². The van der Waals surface area contributed by atoms with Crippen molar-refractivity contribution in [1.29, 1.82) is 0 Å². The van der Waals surface area contributed by atoms with Crippen LogP contribution in [0.1, 0.15) is 12.6 Å². The van der Waals surface area contributed by atoms with Crippen molar-refractivity contribution >= 4 is 16.6 Å². The van der Waals surface area contributed by atoms with Crippen LogP contribution in [0.4, 0.5) is 0 Å². The van der Waals surface area contributed by atoms with Gasteiger partial charge in [0.25, 0.3) is 5.56 Å². The zero-order chi connectivity index (χ0) is 11.7. The maximum Gasteiger partial charge on any atom is 0.274 e. The van der Waals surface area contributed by atoms with Crippen LogP contribution in [0, 0.1) is 0 Å². The van der Waals surface area contributed by atoms with Gasteiger partial charge in [0.15, 0.2) is 0 Å². The smallest absolute Gasteiger partial charge is 0.274 e. The van der Waals surface area contributed by atoms with E-state index in [-0.39, 0.29) is 17.8 Å². The maximum absolute atomic E-state index is 11.8. The number of aromatic nitrogens is 2. The Morgan fingerprint density at radius 1 is 1.31 bits per heavy atom. The topological polar surface area (TPSA) is 52.0 Å². The summed E-state index contributed by atoms with van der Waals surface area (Å²) < 4.78 is 1.28. The Labute approximate surface area is 92.5 Å². The summed E-state index contributed by atoms with van der Waals surface area (Å²) in [5, 5.41) is 5.50. The molecule has 0 saturated heterocycles. The minimum Gasteiger partial charge on any atom is -0.300 e.